The number of aromatic nitrogens is 2. The Bertz CT molecular complexity index is 485. The van der Waals surface area contributed by atoms with Gasteiger partial charge in [0.15, 0.2) is 0 Å². The van der Waals surface area contributed by atoms with Crippen LogP contribution in [0, 0.1) is 5.92 Å². The lowest BCUT2D eigenvalue weighted by molar-refractivity contribution is -0.141. The monoisotopic (exact) mass is 263 g/mol. The fourth-order valence-corrected chi connectivity index (χ4v) is 3.49. The Kier molecular flexibility index (Phi) is 3.00. The molecule has 19 heavy (non-hydrogen) atoms. The van der Waals surface area contributed by atoms with E-state index < -0.39 is 12.0 Å². The van der Waals surface area contributed by atoms with Crippen molar-refractivity contribution < 1.29 is 14.7 Å². The molecule has 1 aliphatic heterocycles. The molecular formula is C13H17N3O3. The van der Waals surface area contributed by atoms with E-state index in [0.717, 1.165) is 25.7 Å². The molecule has 3 atom stereocenters. The standard InChI is InChI=1S/C13H17N3O3/c17-12(9-6-14-15-7-9)16-10-4-2-1-3-8(10)5-11(16)13(18)19/h6-8,10-11H,1-5H2,(H,14,15)(H,18,19). The van der Waals surface area contributed by atoms with Crippen molar-refractivity contribution in [3.63, 3.8) is 0 Å². The van der Waals surface area contributed by atoms with Gasteiger partial charge in [-0.2, -0.15) is 5.10 Å². The van der Waals surface area contributed by atoms with Crippen LogP contribution in [0.4, 0.5) is 0 Å². The molecule has 102 valence electrons. The molecule has 6 heteroatoms. The Morgan fingerprint density at radius 3 is 2.84 bits per heavy atom. The van der Waals surface area contributed by atoms with Crippen molar-refractivity contribution in [2.24, 2.45) is 5.92 Å². The Labute approximate surface area is 110 Å². The van der Waals surface area contributed by atoms with Gasteiger partial charge in [-0.15, -0.1) is 0 Å². The number of H-pyrrole nitrogens is 1. The molecule has 2 aliphatic rings. The van der Waals surface area contributed by atoms with Gasteiger partial charge in [-0.05, 0) is 25.2 Å². The van der Waals surface area contributed by atoms with Crippen LogP contribution in [0.25, 0.3) is 0 Å². The second kappa shape index (κ2) is 4.68. The minimum atomic E-state index is -0.897. The van der Waals surface area contributed by atoms with Crippen molar-refractivity contribution in [1.82, 2.24) is 15.1 Å². The van der Waals surface area contributed by atoms with Crippen LogP contribution in [0.2, 0.25) is 0 Å². The first-order valence-electron chi connectivity index (χ1n) is 6.72. The van der Waals surface area contributed by atoms with E-state index in [-0.39, 0.29) is 11.9 Å². The number of nitrogens with one attached hydrogen (secondary N) is 1. The van der Waals surface area contributed by atoms with Crippen molar-refractivity contribution in [3.8, 4) is 0 Å². The molecule has 0 bridgehead atoms. The summed E-state index contributed by atoms with van der Waals surface area (Å²) in [6, 6.07) is -0.604. The quantitative estimate of drug-likeness (QED) is 0.841. The predicted octanol–water partition coefficient (Wildman–Crippen LogP) is 1.27. The van der Waals surface area contributed by atoms with Gasteiger partial charge in [-0.25, -0.2) is 4.79 Å². The van der Waals surface area contributed by atoms with E-state index in [0.29, 0.717) is 17.9 Å². The number of carbonyl (C=O) groups excluding carboxylic acids is 1. The molecule has 1 amide bonds. The minimum Gasteiger partial charge on any atom is -0.480 e. The SMILES string of the molecule is O=C(O)C1CC2CCCCC2N1C(=O)c1cn[nH]c1. The summed E-state index contributed by atoms with van der Waals surface area (Å²) in [6.07, 6.45) is 7.73. The first-order chi connectivity index (χ1) is 9.18. The first-order valence-corrected chi connectivity index (χ1v) is 6.72. The highest BCUT2D eigenvalue weighted by Gasteiger charge is 2.47. The number of likely N-dealkylation sites (tertiary alicyclic amines) is 1. The van der Waals surface area contributed by atoms with E-state index in [9.17, 15) is 14.7 Å². The molecule has 3 rings (SSSR count). The Morgan fingerprint density at radius 2 is 2.16 bits per heavy atom. The summed E-state index contributed by atoms with van der Waals surface area (Å²) < 4.78 is 0. The van der Waals surface area contributed by atoms with Crippen LogP contribution >= 0.6 is 0 Å². The van der Waals surface area contributed by atoms with E-state index in [1.54, 1.807) is 4.90 Å². The summed E-state index contributed by atoms with van der Waals surface area (Å²) in [7, 11) is 0. The maximum Gasteiger partial charge on any atom is 0.326 e. The number of carboxylic acid groups (broad SMARTS) is 1. The largest absolute Gasteiger partial charge is 0.480 e. The van der Waals surface area contributed by atoms with Crippen LogP contribution in [0.1, 0.15) is 42.5 Å². The lowest BCUT2D eigenvalue weighted by Gasteiger charge is -2.32. The summed E-state index contributed by atoms with van der Waals surface area (Å²) in [4.78, 5) is 25.5. The number of hydrogen-bond acceptors (Lipinski definition) is 3. The third-order valence-electron chi connectivity index (χ3n) is 4.35. The number of aromatic amines is 1. The normalized spacial score (nSPS) is 30.1. The summed E-state index contributed by atoms with van der Waals surface area (Å²) in [5.41, 5.74) is 0.442. The highest BCUT2D eigenvalue weighted by molar-refractivity contribution is 5.96. The third-order valence-corrected chi connectivity index (χ3v) is 4.35. The molecule has 1 aliphatic carbocycles. The van der Waals surface area contributed by atoms with Gasteiger partial charge in [0, 0.05) is 12.2 Å². The fourth-order valence-electron chi connectivity index (χ4n) is 3.49. The molecule has 3 unspecified atom stereocenters. The summed E-state index contributed by atoms with van der Waals surface area (Å²) in [5.74, 6) is -0.771. The molecular weight excluding hydrogens is 246 g/mol. The Hall–Kier alpha value is -1.85. The smallest absolute Gasteiger partial charge is 0.326 e. The predicted molar refractivity (Wildman–Crippen MR) is 66.5 cm³/mol. The molecule has 1 aromatic rings. The summed E-state index contributed by atoms with van der Waals surface area (Å²) >= 11 is 0. The third kappa shape index (κ3) is 2.01. The zero-order valence-electron chi connectivity index (χ0n) is 10.6. The summed E-state index contributed by atoms with van der Waals surface area (Å²) in [5, 5.41) is 15.7. The van der Waals surface area contributed by atoms with Gasteiger partial charge in [0.25, 0.3) is 5.91 Å². The molecule has 0 radical (unpaired) electrons. The second-order valence-corrected chi connectivity index (χ2v) is 5.40. The van der Waals surface area contributed by atoms with Crippen molar-refractivity contribution in [2.75, 3.05) is 0 Å². The van der Waals surface area contributed by atoms with Gasteiger partial charge >= 0.3 is 5.97 Å². The van der Waals surface area contributed by atoms with Gasteiger partial charge in [0.1, 0.15) is 6.04 Å². The lowest BCUT2D eigenvalue weighted by Crippen LogP contribution is -2.46. The Balaban J connectivity index is 1.90. The van der Waals surface area contributed by atoms with E-state index in [2.05, 4.69) is 10.2 Å². The van der Waals surface area contributed by atoms with Crippen molar-refractivity contribution in [3.05, 3.63) is 18.0 Å². The Morgan fingerprint density at radius 1 is 1.37 bits per heavy atom. The van der Waals surface area contributed by atoms with Crippen molar-refractivity contribution in [1.29, 1.82) is 0 Å². The van der Waals surface area contributed by atoms with E-state index >= 15 is 0 Å². The highest BCUT2D eigenvalue weighted by atomic mass is 16.4. The average Bonchev–Trinajstić information content (AvgIpc) is 3.05. The zero-order chi connectivity index (χ0) is 13.4. The maximum absolute atomic E-state index is 12.5. The van der Waals surface area contributed by atoms with Crippen LogP contribution < -0.4 is 0 Å². The van der Waals surface area contributed by atoms with Gasteiger partial charge in [-0.3, -0.25) is 9.89 Å². The zero-order valence-corrected chi connectivity index (χ0v) is 10.6. The number of carbonyl (C=O) groups is 2. The van der Waals surface area contributed by atoms with Crippen LogP contribution in [-0.2, 0) is 4.79 Å². The first kappa shape index (κ1) is 12.2. The maximum atomic E-state index is 12.5. The minimum absolute atomic E-state index is 0.0808. The van der Waals surface area contributed by atoms with Crippen LogP contribution in [0.15, 0.2) is 12.4 Å². The number of nitrogens with zero attached hydrogens (tertiary/aromatic N) is 2. The molecule has 2 heterocycles. The molecule has 1 aromatic heterocycles. The fraction of sp³-hybridized carbons (Fsp3) is 0.615. The van der Waals surface area contributed by atoms with Gasteiger partial charge in [0.2, 0.25) is 0 Å². The number of amides is 1. The van der Waals surface area contributed by atoms with Gasteiger partial charge in [-0.1, -0.05) is 12.8 Å². The molecule has 1 saturated carbocycles. The lowest BCUT2D eigenvalue weighted by atomic mass is 9.84. The number of rotatable bonds is 2. The van der Waals surface area contributed by atoms with Crippen LogP contribution in [0.3, 0.4) is 0 Å². The van der Waals surface area contributed by atoms with Gasteiger partial charge in [0.05, 0.1) is 11.8 Å². The number of fused-ring (bicyclic) bond motifs is 1. The van der Waals surface area contributed by atoms with Crippen LogP contribution in [0.5, 0.6) is 0 Å². The average molecular weight is 263 g/mol. The second-order valence-electron chi connectivity index (χ2n) is 5.40. The summed E-state index contributed by atoms with van der Waals surface area (Å²) in [6.45, 7) is 0. The topological polar surface area (TPSA) is 86.3 Å². The van der Waals surface area contributed by atoms with Crippen molar-refractivity contribution in [2.45, 2.75) is 44.2 Å². The van der Waals surface area contributed by atoms with Gasteiger partial charge < -0.3 is 10.0 Å². The highest BCUT2D eigenvalue weighted by Crippen LogP contribution is 2.40. The van der Waals surface area contributed by atoms with E-state index in [4.69, 9.17) is 0 Å². The van der Waals surface area contributed by atoms with E-state index in [1.165, 1.54) is 12.4 Å². The number of carboxylic acids is 1. The number of hydrogen-bond donors (Lipinski definition) is 2. The van der Waals surface area contributed by atoms with Crippen molar-refractivity contribution >= 4 is 11.9 Å². The molecule has 6 nitrogen and oxygen atoms in total. The molecule has 1 saturated heterocycles. The number of aliphatic carboxylic acids is 1. The molecule has 2 fully saturated rings. The van der Waals surface area contributed by atoms with Crippen LogP contribution in [-0.4, -0.2) is 44.2 Å². The molecule has 0 aromatic carbocycles. The molecule has 2 N–H and O–H groups in total. The molecule has 0 spiro atoms. The van der Waals surface area contributed by atoms with E-state index in [1.807, 2.05) is 0 Å².